The molecule has 3 aliphatic carbocycles. The largest absolute Gasteiger partial charge is 0.492 e. The maximum Gasteiger partial charge on any atom is 0.310 e. The number of hydrogen-bond acceptors (Lipinski definition) is 10. The van der Waals surface area contributed by atoms with E-state index in [4.69, 9.17) is 24.3 Å². The zero-order valence-corrected chi connectivity index (χ0v) is 36.1. The van der Waals surface area contributed by atoms with E-state index in [0.717, 1.165) is 36.9 Å². The number of likely N-dealkylation sites (tertiary alicyclic amines) is 1. The fourth-order valence-corrected chi connectivity index (χ4v) is 9.46. The minimum absolute atomic E-state index is 0.0886. The van der Waals surface area contributed by atoms with Crippen molar-refractivity contribution >= 4 is 34.5 Å². The Hall–Kier alpha value is -4.52. The van der Waals surface area contributed by atoms with E-state index in [-0.39, 0.29) is 49.5 Å². The van der Waals surface area contributed by atoms with Crippen LogP contribution in [0.5, 0.6) is 11.5 Å². The van der Waals surface area contributed by atoms with Gasteiger partial charge >= 0.3 is 11.9 Å². The third-order valence-corrected chi connectivity index (χ3v) is 13.1. The number of esters is 1. The van der Waals surface area contributed by atoms with Crippen LogP contribution in [0.25, 0.3) is 16.7 Å². The number of nitrogens with zero attached hydrogens (tertiary/aromatic N) is 5. The molecule has 7 rings (SSSR count). The first-order valence-corrected chi connectivity index (χ1v) is 21.6. The number of hydrogen-bond donors (Lipinski definition) is 1. The number of Topliss-reactive ketones (excluding diaryl/α,β-unsaturated/α-hetero) is 1. The predicted molar refractivity (Wildman–Crippen MR) is 222 cm³/mol. The molecule has 0 radical (unpaired) electrons. The highest BCUT2D eigenvalue weighted by atomic mass is 16.5. The average molecular weight is 814 g/mol. The van der Waals surface area contributed by atoms with E-state index in [1.54, 1.807) is 9.58 Å². The molecule has 0 bridgehead atoms. The second-order valence-electron chi connectivity index (χ2n) is 19.5. The summed E-state index contributed by atoms with van der Waals surface area (Å²) in [6, 6.07) is 8.56. The lowest BCUT2D eigenvalue weighted by Gasteiger charge is -2.35. The Morgan fingerprint density at radius 1 is 1.02 bits per heavy atom. The number of likely N-dealkylation sites (N-methyl/N-ethyl adjacent to an activating group) is 1. The van der Waals surface area contributed by atoms with Crippen molar-refractivity contribution in [3.05, 3.63) is 42.2 Å². The van der Waals surface area contributed by atoms with Crippen LogP contribution in [-0.4, -0.2) is 105 Å². The number of rotatable bonds is 18. The van der Waals surface area contributed by atoms with Gasteiger partial charge in [-0.25, -0.2) is 9.67 Å². The van der Waals surface area contributed by atoms with Crippen molar-refractivity contribution in [3.63, 3.8) is 0 Å². The number of carboxylic acid groups (broad SMARTS) is 1. The number of aliphatic carboxylic acids is 1. The Morgan fingerprint density at radius 2 is 1.76 bits per heavy atom. The van der Waals surface area contributed by atoms with Crippen LogP contribution in [0.3, 0.4) is 0 Å². The lowest BCUT2D eigenvalue weighted by atomic mass is 9.77. The Balaban J connectivity index is 1.19. The number of aromatic nitrogens is 3. The van der Waals surface area contributed by atoms with Gasteiger partial charge in [-0.2, -0.15) is 5.10 Å². The Morgan fingerprint density at radius 3 is 2.41 bits per heavy atom. The molecule has 320 valence electrons. The molecule has 3 unspecified atom stereocenters. The number of ether oxygens (including phenoxy) is 3. The summed E-state index contributed by atoms with van der Waals surface area (Å²) in [5.41, 5.74) is -0.190. The van der Waals surface area contributed by atoms with E-state index < -0.39 is 40.8 Å². The number of benzene rings is 1. The summed E-state index contributed by atoms with van der Waals surface area (Å²) in [4.78, 5) is 63.8. The van der Waals surface area contributed by atoms with Crippen molar-refractivity contribution in [2.24, 2.45) is 40.4 Å². The molecule has 59 heavy (non-hydrogen) atoms. The van der Waals surface area contributed by atoms with Crippen LogP contribution in [0.15, 0.2) is 36.5 Å². The van der Waals surface area contributed by atoms with Gasteiger partial charge in [0.1, 0.15) is 30.3 Å². The summed E-state index contributed by atoms with van der Waals surface area (Å²) in [5, 5.41) is 15.8. The van der Waals surface area contributed by atoms with Crippen LogP contribution in [-0.2, 0) is 30.3 Å². The van der Waals surface area contributed by atoms with Gasteiger partial charge < -0.3 is 29.1 Å². The second-order valence-corrected chi connectivity index (χ2v) is 19.5. The van der Waals surface area contributed by atoms with Gasteiger partial charge in [-0.15, -0.1) is 0 Å². The molecular weight excluding hydrogens is 751 g/mol. The minimum atomic E-state index is -1.13. The third-order valence-electron chi connectivity index (χ3n) is 13.1. The van der Waals surface area contributed by atoms with Crippen LogP contribution in [0.4, 0.5) is 0 Å². The molecule has 1 aliphatic heterocycles. The van der Waals surface area contributed by atoms with Gasteiger partial charge in [0.05, 0.1) is 41.6 Å². The molecule has 1 amide bonds. The minimum Gasteiger partial charge on any atom is -0.492 e. The van der Waals surface area contributed by atoms with Crippen LogP contribution >= 0.6 is 0 Å². The van der Waals surface area contributed by atoms with E-state index in [0.29, 0.717) is 60.0 Å². The van der Waals surface area contributed by atoms with E-state index in [1.165, 1.54) is 6.42 Å². The standard InChI is InChI=1S/C46H63N5O8/c1-9-30-24-46(30,44(55)56)25-39(52)38-21-34(26-50(38)43(54)36(45(4,5)6)22-42(53)59-33-18-28-17-29(28)19-33)58-40-23-41(51-13-12-31(48-51)16-27(2)3)47-37-20-32(10-11-35(37)40)57-15-14-49(7)8/h10-13,20,23,27-30,33-34,36,38H,9,14-19,21-22,24-26H2,1-8H3,(H,55,56)/t28-,29?,30+,33?,34?,36+,38-,46+/m0/s1. The van der Waals surface area contributed by atoms with Gasteiger partial charge in [-0.1, -0.05) is 48.0 Å². The highest BCUT2D eigenvalue weighted by Crippen LogP contribution is 2.58. The topological polar surface area (TPSA) is 153 Å². The van der Waals surface area contributed by atoms with E-state index in [1.807, 2.05) is 83.2 Å². The predicted octanol–water partition coefficient (Wildman–Crippen LogP) is 6.76. The van der Waals surface area contributed by atoms with Gasteiger partial charge in [0.25, 0.3) is 0 Å². The maximum atomic E-state index is 14.8. The Bertz CT molecular complexity index is 2050. The number of pyridine rings is 1. The highest BCUT2D eigenvalue weighted by molar-refractivity contribution is 5.95. The van der Waals surface area contributed by atoms with Gasteiger partial charge in [0, 0.05) is 43.1 Å². The smallest absolute Gasteiger partial charge is 0.310 e. The van der Waals surface area contributed by atoms with Crippen LogP contribution in [0, 0.1) is 40.4 Å². The van der Waals surface area contributed by atoms with E-state index in [9.17, 15) is 24.3 Å². The maximum absolute atomic E-state index is 14.8. The summed E-state index contributed by atoms with van der Waals surface area (Å²) < 4.78 is 20.5. The van der Waals surface area contributed by atoms with Crippen molar-refractivity contribution in [1.82, 2.24) is 24.6 Å². The summed E-state index contributed by atoms with van der Waals surface area (Å²) in [6.45, 7) is 13.3. The van der Waals surface area contributed by atoms with Crippen molar-refractivity contribution in [1.29, 1.82) is 0 Å². The fourth-order valence-electron chi connectivity index (χ4n) is 9.46. The van der Waals surface area contributed by atoms with Crippen LogP contribution in [0.2, 0.25) is 0 Å². The van der Waals surface area contributed by atoms with Crippen LogP contribution < -0.4 is 9.47 Å². The molecule has 3 saturated carbocycles. The first-order chi connectivity index (χ1) is 27.9. The number of carbonyl (C=O) groups is 4. The first-order valence-electron chi connectivity index (χ1n) is 21.6. The summed E-state index contributed by atoms with van der Waals surface area (Å²) in [7, 11) is 3.98. The molecular formula is C46H63N5O8. The molecule has 13 nitrogen and oxygen atoms in total. The molecule has 1 aromatic carbocycles. The number of ketones is 1. The molecule has 3 aromatic rings. The lowest BCUT2D eigenvalue weighted by molar-refractivity contribution is -0.157. The summed E-state index contributed by atoms with van der Waals surface area (Å²) in [5.74, 6) is 0.574. The quantitative estimate of drug-likeness (QED) is 0.136. The Kier molecular flexibility index (Phi) is 12.2. The molecule has 0 spiro atoms. The second kappa shape index (κ2) is 16.9. The number of carboxylic acids is 1. The van der Waals surface area contributed by atoms with Crippen molar-refractivity contribution < 1.29 is 38.5 Å². The van der Waals surface area contributed by atoms with Gasteiger partial charge in [-0.3, -0.25) is 19.2 Å². The SMILES string of the molecule is CC[C@@H]1C[C@]1(CC(=O)[C@@H]1CC(Oc2cc(-n3ccc(CC(C)C)n3)nc3cc(OCCN(C)C)ccc23)CN1C(=O)[C@@H](CC(=O)OC1CC2C[C@H]2C1)C(C)(C)C)C(=O)O. The molecule has 8 atom stereocenters. The monoisotopic (exact) mass is 813 g/mol. The van der Waals surface area contributed by atoms with Crippen molar-refractivity contribution in [2.75, 3.05) is 33.8 Å². The molecule has 1 N–H and O–H groups in total. The number of amides is 1. The molecule has 13 heteroatoms. The zero-order valence-electron chi connectivity index (χ0n) is 36.1. The number of fused-ring (bicyclic) bond motifs is 2. The third kappa shape index (κ3) is 9.60. The molecule has 3 heterocycles. The highest BCUT2D eigenvalue weighted by Gasteiger charge is 2.61. The van der Waals surface area contributed by atoms with Crippen molar-refractivity contribution in [2.45, 2.75) is 118 Å². The summed E-state index contributed by atoms with van der Waals surface area (Å²) >= 11 is 0. The van der Waals surface area contributed by atoms with Gasteiger partial charge in [0.15, 0.2) is 11.6 Å². The normalized spacial score (nSPS) is 26.6. The summed E-state index contributed by atoms with van der Waals surface area (Å²) in [6.07, 6.45) is 5.94. The lowest BCUT2D eigenvalue weighted by Crippen LogP contribution is -2.48. The van der Waals surface area contributed by atoms with Gasteiger partial charge in [0.2, 0.25) is 5.91 Å². The zero-order chi connectivity index (χ0) is 42.4. The molecule has 4 fully saturated rings. The number of carbonyl (C=O) groups excluding carboxylic acids is 3. The van der Waals surface area contributed by atoms with Gasteiger partial charge in [-0.05, 0) is 93.5 Å². The first kappa shape index (κ1) is 42.6. The van der Waals surface area contributed by atoms with Crippen LogP contribution in [0.1, 0.15) is 98.6 Å². The van der Waals surface area contributed by atoms with E-state index in [2.05, 4.69) is 13.8 Å². The van der Waals surface area contributed by atoms with E-state index >= 15 is 0 Å². The average Bonchev–Trinajstić information content (AvgIpc) is 3.83. The Labute approximate surface area is 348 Å². The molecule has 1 saturated heterocycles. The molecule has 2 aromatic heterocycles. The van der Waals surface area contributed by atoms with Crippen molar-refractivity contribution in [3.8, 4) is 17.3 Å². The fraction of sp³-hybridized carbons (Fsp3) is 0.652. The molecule has 4 aliphatic rings.